The molecule has 0 aliphatic rings. The third-order valence-electron chi connectivity index (χ3n) is 2.53. The number of halogens is 3. The third-order valence-corrected chi connectivity index (χ3v) is 2.53. The average molecular weight is 253 g/mol. The van der Waals surface area contributed by atoms with E-state index in [-0.39, 0.29) is 12.0 Å². The second-order valence-corrected chi connectivity index (χ2v) is 4.45. The Labute approximate surface area is 101 Å². The van der Waals surface area contributed by atoms with Crippen LogP contribution in [0.25, 0.3) is 0 Å². The summed E-state index contributed by atoms with van der Waals surface area (Å²) in [6, 6.07) is 0. The number of alkyl halides is 3. The topological polar surface area (TPSA) is 21.3 Å². The lowest BCUT2D eigenvalue weighted by Gasteiger charge is -2.26. The first-order chi connectivity index (χ1) is 7.83. The van der Waals surface area contributed by atoms with E-state index < -0.39 is 12.8 Å². The van der Waals surface area contributed by atoms with Crippen molar-refractivity contribution in [1.29, 1.82) is 0 Å². The summed E-state index contributed by atoms with van der Waals surface area (Å²) in [5.74, 6) is 0. The summed E-state index contributed by atoms with van der Waals surface area (Å²) < 4.78 is 40.1. The van der Waals surface area contributed by atoms with Gasteiger partial charge in [0.05, 0.1) is 0 Å². The van der Waals surface area contributed by atoms with Crippen molar-refractivity contribution in [3.8, 4) is 0 Å². The largest absolute Gasteiger partial charge is 0.411 e. The van der Waals surface area contributed by atoms with Crippen LogP contribution in [0.5, 0.6) is 0 Å². The van der Waals surface area contributed by atoms with E-state index in [0.29, 0.717) is 13.0 Å². The first-order valence-corrected chi connectivity index (χ1v) is 5.82. The van der Waals surface area contributed by atoms with Crippen molar-refractivity contribution < 1.29 is 17.9 Å². The van der Waals surface area contributed by atoms with Gasteiger partial charge in [0.2, 0.25) is 0 Å². The van der Waals surface area contributed by atoms with Gasteiger partial charge in [-0.1, -0.05) is 19.9 Å². The maximum atomic E-state index is 11.8. The Kier molecular flexibility index (Phi) is 7.46. The van der Waals surface area contributed by atoms with Crippen molar-refractivity contribution in [2.45, 2.75) is 32.9 Å². The summed E-state index contributed by atoms with van der Waals surface area (Å²) >= 11 is 0. The van der Waals surface area contributed by atoms with Crippen LogP contribution >= 0.6 is 0 Å². The molecule has 0 aliphatic heterocycles. The van der Waals surface area contributed by atoms with Gasteiger partial charge in [-0.3, -0.25) is 0 Å². The van der Waals surface area contributed by atoms with E-state index in [1.807, 2.05) is 6.92 Å². The zero-order valence-corrected chi connectivity index (χ0v) is 10.6. The van der Waals surface area contributed by atoms with Crippen LogP contribution in [-0.4, -0.2) is 32.5 Å². The fraction of sp³-hybridized carbons (Fsp3) is 0.833. The molecule has 0 bridgehead atoms. The van der Waals surface area contributed by atoms with Gasteiger partial charge in [0, 0.05) is 13.2 Å². The molecular weight excluding hydrogens is 231 g/mol. The van der Waals surface area contributed by atoms with Crippen molar-refractivity contribution in [2.75, 3.05) is 26.3 Å². The molecule has 0 aromatic heterocycles. The Morgan fingerprint density at radius 3 is 2.47 bits per heavy atom. The highest BCUT2D eigenvalue weighted by Crippen LogP contribution is 2.22. The fourth-order valence-corrected chi connectivity index (χ4v) is 1.31. The van der Waals surface area contributed by atoms with Gasteiger partial charge in [-0.25, -0.2) is 0 Å². The molecule has 0 amide bonds. The van der Waals surface area contributed by atoms with Gasteiger partial charge in [0.25, 0.3) is 0 Å². The number of rotatable bonds is 9. The fourth-order valence-electron chi connectivity index (χ4n) is 1.31. The van der Waals surface area contributed by atoms with Crippen LogP contribution in [0.2, 0.25) is 0 Å². The highest BCUT2D eigenvalue weighted by Gasteiger charge is 2.28. The molecule has 0 radical (unpaired) electrons. The lowest BCUT2D eigenvalue weighted by molar-refractivity contribution is -0.175. The molecule has 0 heterocycles. The summed E-state index contributed by atoms with van der Waals surface area (Å²) in [5, 5.41) is 3.23. The molecule has 102 valence electrons. The van der Waals surface area contributed by atoms with Crippen LogP contribution in [0.3, 0.4) is 0 Å². The normalized spacial score (nSPS) is 15.6. The molecule has 0 aromatic carbocycles. The Hall–Kier alpha value is -0.550. The highest BCUT2D eigenvalue weighted by atomic mass is 19.4. The molecule has 5 heteroatoms. The first-order valence-electron chi connectivity index (χ1n) is 5.82. The van der Waals surface area contributed by atoms with E-state index in [4.69, 9.17) is 0 Å². The Morgan fingerprint density at radius 2 is 2.00 bits per heavy atom. The monoisotopic (exact) mass is 253 g/mol. The van der Waals surface area contributed by atoms with Crippen LogP contribution in [0.4, 0.5) is 13.2 Å². The van der Waals surface area contributed by atoms with Crippen molar-refractivity contribution in [2.24, 2.45) is 5.41 Å². The number of nitrogens with one attached hydrogen (secondary N) is 1. The standard InChI is InChI=1S/C12H22F3NO/c1-4-7-16-9-11(3,5-2)6-8-17-10-12(13,14)15/h5,16H,2,4,6-10H2,1,3H3. The smallest absolute Gasteiger partial charge is 0.372 e. The van der Waals surface area contributed by atoms with E-state index in [1.54, 1.807) is 6.08 Å². The van der Waals surface area contributed by atoms with E-state index >= 15 is 0 Å². The van der Waals surface area contributed by atoms with Gasteiger partial charge in [-0.2, -0.15) is 13.2 Å². The van der Waals surface area contributed by atoms with Gasteiger partial charge >= 0.3 is 6.18 Å². The van der Waals surface area contributed by atoms with Crippen LogP contribution < -0.4 is 5.32 Å². The molecule has 1 unspecified atom stereocenters. The third kappa shape index (κ3) is 9.18. The second-order valence-electron chi connectivity index (χ2n) is 4.45. The van der Waals surface area contributed by atoms with E-state index in [1.165, 1.54) is 0 Å². The van der Waals surface area contributed by atoms with Gasteiger partial charge in [-0.15, -0.1) is 6.58 Å². The maximum absolute atomic E-state index is 11.8. The minimum atomic E-state index is -4.24. The predicted octanol–water partition coefficient (Wildman–Crippen LogP) is 3.15. The molecule has 0 saturated carbocycles. The minimum Gasteiger partial charge on any atom is -0.372 e. The lowest BCUT2D eigenvalue weighted by Crippen LogP contribution is -2.32. The van der Waals surface area contributed by atoms with Gasteiger partial charge in [0.1, 0.15) is 6.61 Å². The van der Waals surface area contributed by atoms with Gasteiger partial charge in [-0.05, 0) is 24.8 Å². The van der Waals surface area contributed by atoms with E-state index in [9.17, 15) is 13.2 Å². The van der Waals surface area contributed by atoms with Crippen LogP contribution in [0.1, 0.15) is 26.7 Å². The van der Waals surface area contributed by atoms with Crippen molar-refractivity contribution in [3.05, 3.63) is 12.7 Å². The first kappa shape index (κ1) is 16.4. The molecule has 17 heavy (non-hydrogen) atoms. The second kappa shape index (κ2) is 7.71. The quantitative estimate of drug-likeness (QED) is 0.503. The van der Waals surface area contributed by atoms with E-state index in [2.05, 4.69) is 23.6 Å². The summed E-state index contributed by atoms with van der Waals surface area (Å²) in [6.45, 7) is 8.26. The molecule has 0 aromatic rings. The Morgan fingerprint density at radius 1 is 1.35 bits per heavy atom. The van der Waals surface area contributed by atoms with Crippen LogP contribution in [0, 0.1) is 5.41 Å². The molecule has 0 aliphatic carbocycles. The molecule has 0 spiro atoms. The SMILES string of the molecule is C=CC(C)(CCOCC(F)(F)F)CNCCC. The van der Waals surface area contributed by atoms with Crippen LogP contribution in [-0.2, 0) is 4.74 Å². The Balaban J connectivity index is 3.83. The molecule has 1 N–H and O–H groups in total. The lowest BCUT2D eigenvalue weighted by atomic mass is 9.87. The van der Waals surface area contributed by atoms with Gasteiger partial charge < -0.3 is 10.1 Å². The van der Waals surface area contributed by atoms with Crippen LogP contribution in [0.15, 0.2) is 12.7 Å². The predicted molar refractivity (Wildman–Crippen MR) is 63.0 cm³/mol. The van der Waals surface area contributed by atoms with Crippen molar-refractivity contribution in [1.82, 2.24) is 5.32 Å². The summed E-state index contributed by atoms with van der Waals surface area (Å²) in [7, 11) is 0. The number of hydrogen-bond donors (Lipinski definition) is 1. The minimum absolute atomic E-state index is 0.0931. The number of hydrogen-bond acceptors (Lipinski definition) is 2. The maximum Gasteiger partial charge on any atom is 0.411 e. The van der Waals surface area contributed by atoms with E-state index in [0.717, 1.165) is 13.0 Å². The zero-order valence-electron chi connectivity index (χ0n) is 10.6. The molecule has 1 atom stereocenters. The van der Waals surface area contributed by atoms with Crippen molar-refractivity contribution >= 4 is 0 Å². The number of ether oxygens (including phenoxy) is 1. The Bertz CT molecular complexity index is 218. The zero-order chi connectivity index (χ0) is 13.4. The average Bonchev–Trinajstić information content (AvgIpc) is 2.24. The summed E-state index contributed by atoms with van der Waals surface area (Å²) in [4.78, 5) is 0. The molecule has 0 fully saturated rings. The van der Waals surface area contributed by atoms with Gasteiger partial charge in [0.15, 0.2) is 0 Å². The summed E-state index contributed by atoms with van der Waals surface area (Å²) in [5.41, 5.74) is -0.221. The molecule has 0 rings (SSSR count). The molecular formula is C12H22F3NO. The summed E-state index contributed by atoms with van der Waals surface area (Å²) in [6.07, 6.45) is -0.918. The molecule has 2 nitrogen and oxygen atoms in total. The van der Waals surface area contributed by atoms with Crippen molar-refractivity contribution in [3.63, 3.8) is 0 Å². The molecule has 0 saturated heterocycles. The highest BCUT2D eigenvalue weighted by molar-refractivity contribution is 4.92.